The largest absolute Gasteiger partial charge is 0.487 e. The Kier molecular flexibility index (Phi) is 4.60. The molecule has 0 saturated carbocycles. The van der Waals surface area contributed by atoms with Crippen LogP contribution in [0, 0.1) is 13.7 Å². The second-order valence-corrected chi connectivity index (χ2v) is 5.44. The Hall–Kier alpha value is -1.34. The molecule has 0 bridgehead atoms. The molecular formula is C13H9ClINO3. The van der Waals surface area contributed by atoms with Gasteiger partial charge in [-0.1, -0.05) is 23.7 Å². The number of nitro benzene ring substituents is 1. The minimum Gasteiger partial charge on any atom is -0.487 e. The lowest BCUT2D eigenvalue weighted by molar-refractivity contribution is -0.384. The van der Waals surface area contributed by atoms with Crippen LogP contribution in [0.2, 0.25) is 5.02 Å². The first kappa shape index (κ1) is 14.1. The summed E-state index contributed by atoms with van der Waals surface area (Å²) >= 11 is 8.16. The van der Waals surface area contributed by atoms with Crippen molar-refractivity contribution in [3.05, 3.63) is 66.7 Å². The predicted molar refractivity (Wildman–Crippen MR) is 81.6 cm³/mol. The summed E-state index contributed by atoms with van der Waals surface area (Å²) in [6.07, 6.45) is 0. The van der Waals surface area contributed by atoms with Crippen LogP contribution in [-0.2, 0) is 6.61 Å². The van der Waals surface area contributed by atoms with E-state index in [0.29, 0.717) is 12.4 Å². The van der Waals surface area contributed by atoms with Crippen LogP contribution in [0.4, 0.5) is 5.69 Å². The lowest BCUT2D eigenvalue weighted by Crippen LogP contribution is -1.96. The highest BCUT2D eigenvalue weighted by atomic mass is 127. The van der Waals surface area contributed by atoms with Crippen LogP contribution in [0.1, 0.15) is 5.56 Å². The molecule has 0 saturated heterocycles. The molecule has 2 aromatic rings. The Morgan fingerprint density at radius 3 is 2.47 bits per heavy atom. The Morgan fingerprint density at radius 2 is 1.89 bits per heavy atom. The minimum absolute atomic E-state index is 0.0494. The molecule has 0 aliphatic heterocycles. The van der Waals surface area contributed by atoms with Gasteiger partial charge in [0.25, 0.3) is 5.69 Å². The monoisotopic (exact) mass is 389 g/mol. The third-order valence-corrected chi connectivity index (χ3v) is 3.45. The molecule has 0 spiro atoms. The molecule has 4 nitrogen and oxygen atoms in total. The van der Waals surface area contributed by atoms with Crippen LogP contribution in [0.3, 0.4) is 0 Å². The second-order valence-electron chi connectivity index (χ2n) is 3.79. The highest BCUT2D eigenvalue weighted by molar-refractivity contribution is 14.1. The molecular weight excluding hydrogens is 381 g/mol. The fraction of sp³-hybridized carbons (Fsp3) is 0.0769. The highest BCUT2D eigenvalue weighted by Gasteiger charge is 2.10. The highest BCUT2D eigenvalue weighted by Crippen LogP contribution is 2.29. The van der Waals surface area contributed by atoms with E-state index in [4.69, 9.17) is 16.3 Å². The molecule has 0 unspecified atom stereocenters. The normalized spacial score (nSPS) is 10.2. The quantitative estimate of drug-likeness (QED) is 0.441. The topological polar surface area (TPSA) is 52.4 Å². The number of benzene rings is 2. The van der Waals surface area contributed by atoms with Crippen LogP contribution in [0.15, 0.2) is 42.5 Å². The van der Waals surface area contributed by atoms with Gasteiger partial charge in [0, 0.05) is 15.7 Å². The van der Waals surface area contributed by atoms with Gasteiger partial charge in [0.1, 0.15) is 12.4 Å². The summed E-state index contributed by atoms with van der Waals surface area (Å²) in [6.45, 7) is 0.369. The number of nitrogens with zero attached hydrogens (tertiary/aromatic N) is 1. The van der Waals surface area contributed by atoms with Crippen molar-refractivity contribution in [2.75, 3.05) is 0 Å². The molecule has 98 valence electrons. The van der Waals surface area contributed by atoms with Gasteiger partial charge in [-0.3, -0.25) is 10.1 Å². The lowest BCUT2D eigenvalue weighted by Gasteiger charge is -2.08. The Bertz CT molecular complexity index is 601. The number of ether oxygens (including phenoxy) is 1. The third-order valence-electron chi connectivity index (χ3n) is 2.43. The average molecular weight is 390 g/mol. The van der Waals surface area contributed by atoms with Crippen molar-refractivity contribution in [3.63, 3.8) is 0 Å². The van der Waals surface area contributed by atoms with Gasteiger partial charge < -0.3 is 4.74 Å². The first-order valence-corrected chi connectivity index (χ1v) is 6.83. The van der Waals surface area contributed by atoms with Gasteiger partial charge in [-0.2, -0.15) is 0 Å². The first-order valence-electron chi connectivity index (χ1n) is 5.37. The summed E-state index contributed by atoms with van der Waals surface area (Å²) < 4.78 is 6.69. The number of hydrogen-bond acceptors (Lipinski definition) is 3. The summed E-state index contributed by atoms with van der Waals surface area (Å²) in [5, 5.41) is 10.8. The maximum atomic E-state index is 10.6. The molecule has 0 heterocycles. The molecule has 0 aromatic heterocycles. The Morgan fingerprint density at radius 1 is 1.21 bits per heavy atom. The number of nitro groups is 1. The summed E-state index contributed by atoms with van der Waals surface area (Å²) in [5.74, 6) is 0.436. The fourth-order valence-corrected chi connectivity index (χ4v) is 2.05. The maximum absolute atomic E-state index is 10.6. The van der Waals surface area contributed by atoms with E-state index in [0.717, 1.165) is 9.13 Å². The van der Waals surface area contributed by atoms with Crippen molar-refractivity contribution in [1.29, 1.82) is 0 Å². The average Bonchev–Trinajstić information content (AvgIpc) is 2.39. The zero-order chi connectivity index (χ0) is 13.8. The van der Waals surface area contributed by atoms with E-state index >= 15 is 0 Å². The zero-order valence-electron chi connectivity index (χ0n) is 9.68. The molecule has 2 rings (SSSR count). The maximum Gasteiger partial charge on any atom is 0.271 e. The molecule has 0 atom stereocenters. The predicted octanol–water partition coefficient (Wildman–Crippen LogP) is 4.43. The van der Waals surface area contributed by atoms with E-state index in [9.17, 15) is 10.1 Å². The fourth-order valence-electron chi connectivity index (χ4n) is 1.46. The van der Waals surface area contributed by atoms with Crippen molar-refractivity contribution in [2.24, 2.45) is 0 Å². The van der Waals surface area contributed by atoms with Gasteiger partial charge in [0.15, 0.2) is 0 Å². The van der Waals surface area contributed by atoms with Gasteiger partial charge in [-0.15, -0.1) is 0 Å². The van der Waals surface area contributed by atoms with E-state index in [1.807, 2.05) is 24.3 Å². The SMILES string of the molecule is O=[N+]([O-])c1ccc(OCc2ccc(I)cc2)c(Cl)c1. The van der Waals surface area contributed by atoms with Gasteiger partial charge in [0.2, 0.25) is 0 Å². The number of hydrogen-bond donors (Lipinski definition) is 0. The molecule has 0 fully saturated rings. The van der Waals surface area contributed by atoms with Gasteiger partial charge >= 0.3 is 0 Å². The van der Waals surface area contributed by atoms with Gasteiger partial charge in [0.05, 0.1) is 9.95 Å². The molecule has 2 aromatic carbocycles. The first-order chi connectivity index (χ1) is 9.06. The summed E-state index contributed by atoms with van der Waals surface area (Å²) in [6, 6.07) is 12.0. The van der Waals surface area contributed by atoms with Gasteiger partial charge in [-0.05, 0) is 46.4 Å². The molecule has 0 radical (unpaired) electrons. The van der Waals surface area contributed by atoms with Crippen LogP contribution < -0.4 is 4.74 Å². The molecule has 0 aliphatic rings. The van der Waals surface area contributed by atoms with Crippen molar-refractivity contribution >= 4 is 39.9 Å². The van der Waals surface area contributed by atoms with Gasteiger partial charge in [-0.25, -0.2) is 0 Å². The number of halogens is 2. The second kappa shape index (κ2) is 6.21. The van der Waals surface area contributed by atoms with E-state index in [1.54, 1.807) is 0 Å². The number of non-ortho nitro benzene ring substituents is 1. The Labute approximate surface area is 128 Å². The van der Waals surface area contributed by atoms with Crippen LogP contribution >= 0.6 is 34.2 Å². The van der Waals surface area contributed by atoms with Crippen molar-refractivity contribution in [3.8, 4) is 5.75 Å². The molecule has 0 amide bonds. The van der Waals surface area contributed by atoms with Crippen LogP contribution in [0.5, 0.6) is 5.75 Å². The third kappa shape index (κ3) is 3.81. The van der Waals surface area contributed by atoms with E-state index in [1.165, 1.54) is 18.2 Å². The minimum atomic E-state index is -0.491. The van der Waals surface area contributed by atoms with E-state index in [-0.39, 0.29) is 10.7 Å². The Balaban J connectivity index is 2.07. The van der Waals surface area contributed by atoms with Crippen molar-refractivity contribution < 1.29 is 9.66 Å². The smallest absolute Gasteiger partial charge is 0.271 e. The van der Waals surface area contributed by atoms with E-state index < -0.39 is 4.92 Å². The zero-order valence-corrected chi connectivity index (χ0v) is 12.6. The summed E-state index contributed by atoms with van der Waals surface area (Å²) in [7, 11) is 0. The van der Waals surface area contributed by atoms with E-state index in [2.05, 4.69) is 22.6 Å². The summed E-state index contributed by atoms with van der Waals surface area (Å²) in [5.41, 5.74) is 0.960. The molecule has 0 aliphatic carbocycles. The van der Waals surface area contributed by atoms with Crippen molar-refractivity contribution in [1.82, 2.24) is 0 Å². The van der Waals surface area contributed by atoms with Crippen LogP contribution in [0.25, 0.3) is 0 Å². The number of rotatable bonds is 4. The van der Waals surface area contributed by atoms with Crippen LogP contribution in [-0.4, -0.2) is 4.92 Å². The summed E-state index contributed by atoms with van der Waals surface area (Å²) in [4.78, 5) is 10.1. The molecule has 6 heteroatoms. The van der Waals surface area contributed by atoms with Crippen molar-refractivity contribution in [2.45, 2.75) is 6.61 Å². The standard InChI is InChI=1S/C13H9ClINO3/c14-12-7-11(16(17)18)5-6-13(12)19-8-9-1-3-10(15)4-2-9/h1-7H,8H2. The molecule has 19 heavy (non-hydrogen) atoms. The molecule has 0 N–H and O–H groups in total. The lowest BCUT2D eigenvalue weighted by atomic mass is 10.2.